The Bertz CT molecular complexity index is 893. The van der Waals surface area contributed by atoms with Gasteiger partial charge in [0.2, 0.25) is 5.91 Å². The lowest BCUT2D eigenvalue weighted by Gasteiger charge is -2.15. The lowest BCUT2D eigenvalue weighted by molar-refractivity contribution is -0.132. The third kappa shape index (κ3) is 6.92. The molecule has 160 valence electrons. The number of nitrogens with one attached hydrogen (secondary N) is 2. The van der Waals surface area contributed by atoms with Crippen molar-refractivity contribution in [3.8, 4) is 11.5 Å². The van der Waals surface area contributed by atoms with E-state index in [1.807, 2.05) is 39.0 Å². The number of benzene rings is 2. The number of carbonyl (C=O) groups is 3. The second-order valence-electron chi connectivity index (χ2n) is 6.94. The molecule has 30 heavy (non-hydrogen) atoms. The Morgan fingerprint density at radius 2 is 1.60 bits per heavy atom. The van der Waals surface area contributed by atoms with Crippen molar-refractivity contribution in [2.75, 3.05) is 6.61 Å². The van der Waals surface area contributed by atoms with Gasteiger partial charge in [0, 0.05) is 18.4 Å². The number of hydrogen-bond acceptors (Lipinski definition) is 5. The predicted molar refractivity (Wildman–Crippen MR) is 113 cm³/mol. The van der Waals surface area contributed by atoms with Gasteiger partial charge >= 0.3 is 0 Å². The minimum Gasteiger partial charge on any atom is -0.494 e. The van der Waals surface area contributed by atoms with Crippen LogP contribution in [0.3, 0.4) is 0 Å². The van der Waals surface area contributed by atoms with Crippen molar-refractivity contribution in [2.45, 2.75) is 46.6 Å². The zero-order valence-corrected chi connectivity index (χ0v) is 17.8. The summed E-state index contributed by atoms with van der Waals surface area (Å²) in [5.41, 5.74) is 7.11. The maximum Gasteiger partial charge on any atom is 0.279 e. The molecule has 1 atom stereocenters. The standard InChI is InChI=1S/C23H28N2O5/c1-5-29-18-8-10-19(11-9-18)30-17(4)23(28)25-24-22(27)13-12-21(26)20-14-15(2)6-7-16(20)3/h6-11,14,17H,5,12-13H2,1-4H3,(H,24,27)(H,25,28)/t17-/m1/s1. The number of aryl methyl sites for hydroxylation is 2. The lowest BCUT2D eigenvalue weighted by atomic mass is 9.99. The Hall–Kier alpha value is -3.35. The Kier molecular flexibility index (Phi) is 8.41. The second kappa shape index (κ2) is 11.0. The van der Waals surface area contributed by atoms with Gasteiger partial charge in [-0.15, -0.1) is 0 Å². The summed E-state index contributed by atoms with van der Waals surface area (Å²) in [6.45, 7) is 7.80. The molecule has 0 aromatic heterocycles. The van der Waals surface area contributed by atoms with Crippen molar-refractivity contribution in [3.63, 3.8) is 0 Å². The van der Waals surface area contributed by atoms with Crippen LogP contribution < -0.4 is 20.3 Å². The molecule has 0 saturated heterocycles. The Balaban J connectivity index is 1.76. The third-order valence-corrected chi connectivity index (χ3v) is 4.41. The fourth-order valence-corrected chi connectivity index (χ4v) is 2.73. The van der Waals surface area contributed by atoms with E-state index in [1.165, 1.54) is 0 Å². The van der Waals surface area contributed by atoms with Gasteiger partial charge in [-0.3, -0.25) is 25.2 Å². The number of Topliss-reactive ketones (excluding diaryl/α,β-unsaturated/α-hetero) is 1. The van der Waals surface area contributed by atoms with Gasteiger partial charge in [-0.25, -0.2) is 0 Å². The van der Waals surface area contributed by atoms with Gasteiger partial charge in [0.15, 0.2) is 11.9 Å². The average molecular weight is 412 g/mol. The Morgan fingerprint density at radius 1 is 0.933 bits per heavy atom. The van der Waals surface area contributed by atoms with E-state index in [2.05, 4.69) is 10.9 Å². The molecule has 2 N–H and O–H groups in total. The van der Waals surface area contributed by atoms with Crippen LogP contribution >= 0.6 is 0 Å². The molecule has 0 spiro atoms. The van der Waals surface area contributed by atoms with Crippen LogP contribution in [0.25, 0.3) is 0 Å². The monoisotopic (exact) mass is 412 g/mol. The number of carbonyl (C=O) groups excluding carboxylic acids is 3. The number of hydrogen-bond donors (Lipinski definition) is 2. The van der Waals surface area contributed by atoms with Crippen LogP contribution in [0.2, 0.25) is 0 Å². The molecule has 0 saturated carbocycles. The van der Waals surface area contributed by atoms with Crippen LogP contribution in [0.15, 0.2) is 42.5 Å². The highest BCUT2D eigenvalue weighted by molar-refractivity contribution is 5.99. The molecular weight excluding hydrogens is 384 g/mol. The van der Waals surface area contributed by atoms with Crippen molar-refractivity contribution in [1.29, 1.82) is 0 Å². The quantitative estimate of drug-likeness (QED) is 0.487. The van der Waals surface area contributed by atoms with Crippen molar-refractivity contribution < 1.29 is 23.9 Å². The zero-order valence-electron chi connectivity index (χ0n) is 17.8. The lowest BCUT2D eigenvalue weighted by Crippen LogP contribution is -2.47. The van der Waals surface area contributed by atoms with E-state index in [-0.39, 0.29) is 18.6 Å². The fourth-order valence-electron chi connectivity index (χ4n) is 2.73. The summed E-state index contributed by atoms with van der Waals surface area (Å²) in [6.07, 6.45) is -0.787. The highest BCUT2D eigenvalue weighted by atomic mass is 16.5. The van der Waals surface area contributed by atoms with Crippen LogP contribution in [0.1, 0.15) is 48.2 Å². The summed E-state index contributed by atoms with van der Waals surface area (Å²) in [5, 5.41) is 0. The van der Waals surface area contributed by atoms with Gasteiger partial charge < -0.3 is 9.47 Å². The number of rotatable bonds is 9. The number of ketones is 1. The SMILES string of the molecule is CCOc1ccc(O[C@H](C)C(=O)NNC(=O)CCC(=O)c2cc(C)ccc2C)cc1. The molecule has 2 aromatic rings. The summed E-state index contributed by atoms with van der Waals surface area (Å²) >= 11 is 0. The molecule has 2 amide bonds. The van der Waals surface area contributed by atoms with E-state index in [4.69, 9.17) is 9.47 Å². The second-order valence-corrected chi connectivity index (χ2v) is 6.94. The van der Waals surface area contributed by atoms with Gasteiger partial charge in [-0.1, -0.05) is 17.7 Å². The van der Waals surface area contributed by atoms with Crippen molar-refractivity contribution in [3.05, 3.63) is 59.2 Å². The molecule has 7 heteroatoms. The van der Waals surface area contributed by atoms with E-state index >= 15 is 0 Å². The Morgan fingerprint density at radius 3 is 2.27 bits per heavy atom. The average Bonchev–Trinajstić information content (AvgIpc) is 2.73. The van der Waals surface area contributed by atoms with Gasteiger partial charge in [-0.2, -0.15) is 0 Å². The summed E-state index contributed by atoms with van der Waals surface area (Å²) in [4.78, 5) is 36.4. The molecule has 2 aromatic carbocycles. The molecule has 0 bridgehead atoms. The first-order valence-electron chi connectivity index (χ1n) is 9.88. The van der Waals surface area contributed by atoms with E-state index in [1.54, 1.807) is 31.2 Å². The summed E-state index contributed by atoms with van der Waals surface area (Å²) in [5.74, 6) is 0.161. The van der Waals surface area contributed by atoms with Gasteiger partial charge in [0.25, 0.3) is 5.91 Å². The number of hydrazine groups is 1. The third-order valence-electron chi connectivity index (χ3n) is 4.41. The minimum absolute atomic E-state index is 0.0272. The largest absolute Gasteiger partial charge is 0.494 e. The predicted octanol–water partition coefficient (Wildman–Crippen LogP) is 3.28. The highest BCUT2D eigenvalue weighted by Gasteiger charge is 2.16. The molecule has 0 radical (unpaired) electrons. The zero-order chi connectivity index (χ0) is 22.1. The highest BCUT2D eigenvalue weighted by Crippen LogP contribution is 2.18. The van der Waals surface area contributed by atoms with Crippen LogP contribution in [0.5, 0.6) is 11.5 Å². The van der Waals surface area contributed by atoms with E-state index < -0.39 is 17.9 Å². The molecular formula is C23H28N2O5. The van der Waals surface area contributed by atoms with Crippen molar-refractivity contribution >= 4 is 17.6 Å². The topological polar surface area (TPSA) is 93.7 Å². The van der Waals surface area contributed by atoms with Crippen molar-refractivity contribution in [2.24, 2.45) is 0 Å². The number of ether oxygens (including phenoxy) is 2. The van der Waals surface area contributed by atoms with Gasteiger partial charge in [-0.05, 0) is 63.6 Å². The summed E-state index contributed by atoms with van der Waals surface area (Å²) in [6, 6.07) is 12.5. The molecule has 2 rings (SSSR count). The van der Waals surface area contributed by atoms with E-state index in [0.29, 0.717) is 23.7 Å². The fraction of sp³-hybridized carbons (Fsp3) is 0.348. The maximum absolute atomic E-state index is 12.3. The first-order chi connectivity index (χ1) is 14.3. The first-order valence-corrected chi connectivity index (χ1v) is 9.88. The van der Waals surface area contributed by atoms with Crippen LogP contribution in [-0.4, -0.2) is 30.3 Å². The molecule has 0 fully saturated rings. The normalized spacial score (nSPS) is 11.3. The van der Waals surface area contributed by atoms with Crippen molar-refractivity contribution in [1.82, 2.24) is 10.9 Å². The van der Waals surface area contributed by atoms with Crippen LogP contribution in [0, 0.1) is 13.8 Å². The first kappa shape index (κ1) is 22.9. The van der Waals surface area contributed by atoms with Crippen LogP contribution in [0.4, 0.5) is 0 Å². The summed E-state index contributed by atoms with van der Waals surface area (Å²) in [7, 11) is 0. The smallest absolute Gasteiger partial charge is 0.279 e. The van der Waals surface area contributed by atoms with E-state index in [0.717, 1.165) is 11.1 Å². The maximum atomic E-state index is 12.3. The molecule has 0 unspecified atom stereocenters. The molecule has 7 nitrogen and oxygen atoms in total. The molecule has 0 heterocycles. The minimum atomic E-state index is -0.820. The van der Waals surface area contributed by atoms with Gasteiger partial charge in [0.05, 0.1) is 6.61 Å². The Labute approximate surface area is 176 Å². The summed E-state index contributed by atoms with van der Waals surface area (Å²) < 4.78 is 10.9. The molecule has 0 aliphatic carbocycles. The van der Waals surface area contributed by atoms with Crippen LogP contribution in [-0.2, 0) is 9.59 Å². The van der Waals surface area contributed by atoms with E-state index in [9.17, 15) is 14.4 Å². The number of amides is 2. The molecule has 0 aliphatic heterocycles. The molecule has 0 aliphatic rings. The van der Waals surface area contributed by atoms with Gasteiger partial charge in [0.1, 0.15) is 11.5 Å².